The molecule has 1 amide bonds. The average Bonchev–Trinajstić information content (AvgIpc) is 2.80. The summed E-state index contributed by atoms with van der Waals surface area (Å²) >= 11 is 0. The van der Waals surface area contributed by atoms with Gasteiger partial charge in [0.05, 0.1) is 12.6 Å². The van der Waals surface area contributed by atoms with Crippen molar-refractivity contribution in [1.82, 2.24) is 5.06 Å². The number of carbonyl (C=O) groups excluding carboxylic acids is 2. The molecule has 35 heavy (non-hydrogen) atoms. The van der Waals surface area contributed by atoms with Gasteiger partial charge in [0, 0.05) is 0 Å². The predicted octanol–water partition coefficient (Wildman–Crippen LogP) is 5.25. The van der Waals surface area contributed by atoms with Gasteiger partial charge in [-0.25, -0.2) is 5.06 Å². The summed E-state index contributed by atoms with van der Waals surface area (Å²) in [5.74, 6) is -1.86. The van der Waals surface area contributed by atoms with Gasteiger partial charge in [0.15, 0.2) is 0 Å². The maximum atomic E-state index is 14.0. The van der Waals surface area contributed by atoms with Crippen LogP contribution in [0.4, 0.5) is 0 Å². The number of carbonyl (C=O) groups is 2. The number of benzene rings is 2. The SMILES string of the molecule is CCOC(=O)C(CC=C(C)C)C(=O)N(O[Si](c1ccccc1)(c1ccccc1)C(C)(C)C)C(C)C. The zero-order valence-corrected chi connectivity index (χ0v) is 23.5. The van der Waals surface area contributed by atoms with E-state index in [-0.39, 0.29) is 30.0 Å². The lowest BCUT2D eigenvalue weighted by molar-refractivity contribution is -0.177. The Kier molecular flexibility index (Phi) is 10.0. The zero-order chi connectivity index (χ0) is 26.2. The summed E-state index contributed by atoms with van der Waals surface area (Å²) in [5, 5.41) is 3.25. The highest BCUT2D eigenvalue weighted by molar-refractivity contribution is 6.99. The van der Waals surface area contributed by atoms with E-state index in [9.17, 15) is 9.59 Å². The first-order chi connectivity index (χ1) is 16.5. The molecule has 2 aromatic carbocycles. The number of nitrogens with zero attached hydrogens (tertiary/aromatic N) is 1. The van der Waals surface area contributed by atoms with Gasteiger partial charge in [-0.15, -0.1) is 0 Å². The third-order valence-corrected chi connectivity index (χ3v) is 10.8. The maximum Gasteiger partial charge on any atom is 0.318 e. The second-order valence-electron chi connectivity index (χ2n) is 10.3. The monoisotopic (exact) mass is 495 g/mol. The highest BCUT2D eigenvalue weighted by Crippen LogP contribution is 2.38. The Labute approximate surface area is 212 Å². The molecular weight excluding hydrogens is 454 g/mol. The minimum Gasteiger partial charge on any atom is -0.465 e. The quantitative estimate of drug-likeness (QED) is 0.149. The highest BCUT2D eigenvalue weighted by Gasteiger charge is 2.53. The largest absolute Gasteiger partial charge is 0.465 e. The van der Waals surface area contributed by atoms with Gasteiger partial charge in [-0.1, -0.05) is 93.1 Å². The first-order valence-corrected chi connectivity index (χ1v) is 14.3. The molecule has 0 aliphatic carbocycles. The molecule has 0 aromatic heterocycles. The van der Waals surface area contributed by atoms with Crippen LogP contribution in [0, 0.1) is 5.92 Å². The van der Waals surface area contributed by atoms with E-state index in [1.807, 2.05) is 70.2 Å². The summed E-state index contributed by atoms with van der Waals surface area (Å²) in [4.78, 5) is 26.9. The van der Waals surface area contributed by atoms with Crippen molar-refractivity contribution in [2.45, 2.75) is 72.9 Å². The lowest BCUT2D eigenvalue weighted by Gasteiger charge is -2.46. The number of rotatable bonds is 10. The van der Waals surface area contributed by atoms with Crippen LogP contribution in [0.15, 0.2) is 72.3 Å². The molecule has 0 heterocycles. The molecule has 0 aliphatic rings. The summed E-state index contributed by atoms with van der Waals surface area (Å²) < 4.78 is 12.3. The van der Waals surface area contributed by atoms with E-state index in [0.29, 0.717) is 0 Å². The normalized spacial score (nSPS) is 12.7. The molecule has 0 radical (unpaired) electrons. The van der Waals surface area contributed by atoms with E-state index in [4.69, 9.17) is 9.26 Å². The first kappa shape index (κ1) is 28.5. The third kappa shape index (κ3) is 6.70. The van der Waals surface area contributed by atoms with Crippen molar-refractivity contribution >= 4 is 30.6 Å². The molecule has 0 saturated carbocycles. The van der Waals surface area contributed by atoms with Gasteiger partial charge in [-0.2, -0.15) is 0 Å². The summed E-state index contributed by atoms with van der Waals surface area (Å²) in [6.45, 7) is 16.2. The average molecular weight is 496 g/mol. The van der Waals surface area contributed by atoms with E-state index < -0.39 is 20.2 Å². The smallest absolute Gasteiger partial charge is 0.318 e. The maximum absolute atomic E-state index is 14.0. The van der Waals surface area contributed by atoms with Crippen molar-refractivity contribution in [1.29, 1.82) is 0 Å². The standard InChI is InChI=1S/C29H41NO4Si/c1-9-33-28(32)26(21-20-22(2)3)27(31)30(23(4)5)34-35(29(6,7)8,24-16-12-10-13-17-24)25-18-14-11-15-19-25/h10-20,23,26H,9,21H2,1-8H3. The molecule has 5 nitrogen and oxygen atoms in total. The zero-order valence-electron chi connectivity index (χ0n) is 22.5. The first-order valence-electron chi connectivity index (χ1n) is 12.4. The van der Waals surface area contributed by atoms with Crippen molar-refractivity contribution in [2.24, 2.45) is 5.92 Å². The van der Waals surface area contributed by atoms with Gasteiger partial charge in [-0.05, 0) is 56.5 Å². The van der Waals surface area contributed by atoms with Crippen LogP contribution in [0.1, 0.15) is 61.8 Å². The predicted molar refractivity (Wildman–Crippen MR) is 145 cm³/mol. The minimum atomic E-state index is -3.04. The minimum absolute atomic E-state index is 0.217. The number of amides is 1. The Morgan fingerprint density at radius 2 is 1.43 bits per heavy atom. The fourth-order valence-electron chi connectivity index (χ4n) is 4.22. The van der Waals surface area contributed by atoms with Crippen LogP contribution in [-0.4, -0.2) is 37.9 Å². The Morgan fingerprint density at radius 1 is 0.943 bits per heavy atom. The Bertz CT molecular complexity index is 953. The van der Waals surface area contributed by atoms with Crippen molar-refractivity contribution in [3.8, 4) is 0 Å². The molecule has 0 fully saturated rings. The number of hydroxylamine groups is 2. The van der Waals surface area contributed by atoms with Gasteiger partial charge in [0.1, 0.15) is 5.92 Å². The number of esters is 1. The van der Waals surface area contributed by atoms with Crippen LogP contribution < -0.4 is 10.4 Å². The van der Waals surface area contributed by atoms with Crippen LogP contribution in [0.3, 0.4) is 0 Å². The summed E-state index contributed by atoms with van der Waals surface area (Å²) in [5.41, 5.74) is 1.04. The van der Waals surface area contributed by atoms with E-state index in [0.717, 1.165) is 15.9 Å². The molecule has 6 heteroatoms. The number of allylic oxidation sites excluding steroid dienone is 2. The molecule has 2 rings (SSSR count). The van der Waals surface area contributed by atoms with Crippen molar-refractivity contribution in [3.05, 3.63) is 72.3 Å². The van der Waals surface area contributed by atoms with Crippen molar-refractivity contribution in [3.63, 3.8) is 0 Å². The Balaban J connectivity index is 2.69. The van der Waals surface area contributed by atoms with Gasteiger partial charge in [-0.3, -0.25) is 9.59 Å². The second kappa shape index (κ2) is 12.3. The van der Waals surface area contributed by atoms with Gasteiger partial charge in [0.2, 0.25) is 0 Å². The number of ether oxygens (including phenoxy) is 1. The summed E-state index contributed by atoms with van der Waals surface area (Å²) in [6.07, 6.45) is 2.17. The summed E-state index contributed by atoms with van der Waals surface area (Å²) in [7, 11) is -3.04. The lowest BCUT2D eigenvalue weighted by atomic mass is 10.0. The molecule has 0 bridgehead atoms. The molecule has 0 N–H and O–H groups in total. The van der Waals surface area contributed by atoms with E-state index >= 15 is 0 Å². The van der Waals surface area contributed by atoms with Crippen LogP contribution in [0.25, 0.3) is 0 Å². The fourth-order valence-corrected chi connectivity index (χ4v) is 8.69. The molecule has 0 spiro atoms. The number of hydrogen-bond donors (Lipinski definition) is 0. The van der Waals surface area contributed by atoms with Gasteiger partial charge >= 0.3 is 5.97 Å². The van der Waals surface area contributed by atoms with Crippen molar-refractivity contribution in [2.75, 3.05) is 6.61 Å². The molecule has 0 aliphatic heterocycles. The lowest BCUT2D eigenvalue weighted by Crippen LogP contribution is -2.70. The van der Waals surface area contributed by atoms with Gasteiger partial charge < -0.3 is 9.26 Å². The van der Waals surface area contributed by atoms with Crippen molar-refractivity contribution < 1.29 is 18.9 Å². The summed E-state index contributed by atoms with van der Waals surface area (Å²) in [6, 6.07) is 20.0. The third-order valence-electron chi connectivity index (χ3n) is 5.97. The Morgan fingerprint density at radius 3 is 1.80 bits per heavy atom. The molecular formula is C29H41NO4Si. The van der Waals surface area contributed by atoms with E-state index in [1.165, 1.54) is 5.06 Å². The van der Waals surface area contributed by atoms with Crippen LogP contribution >= 0.6 is 0 Å². The highest BCUT2D eigenvalue weighted by atomic mass is 28.4. The van der Waals surface area contributed by atoms with Crippen LogP contribution in [0.5, 0.6) is 0 Å². The van der Waals surface area contributed by atoms with Crippen LogP contribution in [0.2, 0.25) is 5.04 Å². The fraction of sp³-hybridized carbons (Fsp3) is 0.448. The topological polar surface area (TPSA) is 55.8 Å². The molecule has 190 valence electrons. The van der Waals surface area contributed by atoms with E-state index in [2.05, 4.69) is 45.0 Å². The molecule has 1 atom stereocenters. The van der Waals surface area contributed by atoms with Gasteiger partial charge in [0.25, 0.3) is 14.2 Å². The van der Waals surface area contributed by atoms with E-state index in [1.54, 1.807) is 6.92 Å². The van der Waals surface area contributed by atoms with Crippen LogP contribution in [-0.2, 0) is 18.9 Å². The molecule has 2 aromatic rings. The molecule has 0 saturated heterocycles. The second-order valence-corrected chi connectivity index (χ2v) is 14.5. The number of hydrogen-bond acceptors (Lipinski definition) is 4. The molecule has 1 unspecified atom stereocenters. The Hall–Kier alpha value is -2.70.